The standard InChI is InChI=1S/C20H29N3O2/c1-15(2)18(23-20(25)22-17-11-7-4-8-12-17)19(24)21-14-13-16-9-5-3-6-10-16/h4,7-9,11-12,15,18H,3,5-6,10,13-14H2,1-2H3,(H,21,24)(H2,22,23,25). The fourth-order valence-corrected chi connectivity index (χ4v) is 2.95. The minimum atomic E-state index is -0.552. The zero-order chi connectivity index (χ0) is 18.1. The SMILES string of the molecule is CC(C)C(NC(=O)Nc1ccccc1)C(=O)NCCC1=CCCCC1. The van der Waals surface area contributed by atoms with Gasteiger partial charge in [0.2, 0.25) is 5.91 Å². The monoisotopic (exact) mass is 343 g/mol. The van der Waals surface area contributed by atoms with Crippen molar-refractivity contribution in [2.75, 3.05) is 11.9 Å². The van der Waals surface area contributed by atoms with Crippen molar-refractivity contribution in [2.45, 2.75) is 52.0 Å². The third-order valence-electron chi connectivity index (χ3n) is 4.40. The van der Waals surface area contributed by atoms with Gasteiger partial charge in [-0.05, 0) is 50.2 Å². The molecule has 1 aromatic carbocycles. The maximum atomic E-state index is 12.4. The molecular formula is C20H29N3O2. The number of urea groups is 1. The minimum absolute atomic E-state index is 0.00965. The predicted molar refractivity (Wildman–Crippen MR) is 101 cm³/mol. The van der Waals surface area contributed by atoms with Crippen molar-refractivity contribution in [3.8, 4) is 0 Å². The summed E-state index contributed by atoms with van der Waals surface area (Å²) in [7, 11) is 0. The van der Waals surface area contributed by atoms with E-state index in [2.05, 4.69) is 22.0 Å². The lowest BCUT2D eigenvalue weighted by molar-refractivity contribution is -0.123. The van der Waals surface area contributed by atoms with Gasteiger partial charge in [0, 0.05) is 12.2 Å². The van der Waals surface area contributed by atoms with E-state index < -0.39 is 6.04 Å². The van der Waals surface area contributed by atoms with Gasteiger partial charge in [-0.1, -0.05) is 43.7 Å². The van der Waals surface area contributed by atoms with Crippen LogP contribution in [-0.2, 0) is 4.79 Å². The van der Waals surface area contributed by atoms with E-state index in [4.69, 9.17) is 0 Å². The summed E-state index contributed by atoms with van der Waals surface area (Å²) < 4.78 is 0. The Morgan fingerprint density at radius 2 is 1.88 bits per heavy atom. The third kappa shape index (κ3) is 6.61. The Hall–Kier alpha value is -2.30. The van der Waals surface area contributed by atoms with Crippen LogP contribution >= 0.6 is 0 Å². The van der Waals surface area contributed by atoms with E-state index in [1.807, 2.05) is 44.2 Å². The number of rotatable bonds is 7. The maximum absolute atomic E-state index is 12.4. The quantitative estimate of drug-likeness (QED) is 0.658. The van der Waals surface area contributed by atoms with Crippen molar-refractivity contribution < 1.29 is 9.59 Å². The van der Waals surface area contributed by atoms with E-state index in [-0.39, 0.29) is 17.9 Å². The molecule has 0 heterocycles. The molecule has 136 valence electrons. The highest BCUT2D eigenvalue weighted by Crippen LogP contribution is 2.19. The van der Waals surface area contributed by atoms with E-state index in [9.17, 15) is 9.59 Å². The second-order valence-electron chi connectivity index (χ2n) is 6.84. The van der Waals surface area contributed by atoms with Gasteiger partial charge < -0.3 is 16.0 Å². The normalized spacial score (nSPS) is 15.2. The Morgan fingerprint density at radius 1 is 1.12 bits per heavy atom. The third-order valence-corrected chi connectivity index (χ3v) is 4.40. The predicted octanol–water partition coefficient (Wildman–Crippen LogP) is 3.84. The molecule has 0 saturated heterocycles. The number of hydrogen-bond donors (Lipinski definition) is 3. The summed E-state index contributed by atoms with van der Waals surface area (Å²) in [4.78, 5) is 24.6. The molecule has 3 amide bonds. The first-order valence-corrected chi connectivity index (χ1v) is 9.14. The first-order chi connectivity index (χ1) is 12.1. The van der Waals surface area contributed by atoms with Crippen LogP contribution in [0.25, 0.3) is 0 Å². The van der Waals surface area contributed by atoms with Gasteiger partial charge in [-0.25, -0.2) is 4.79 Å². The van der Waals surface area contributed by atoms with Crippen LogP contribution in [0, 0.1) is 5.92 Å². The van der Waals surface area contributed by atoms with Crippen molar-refractivity contribution in [1.29, 1.82) is 0 Å². The van der Waals surface area contributed by atoms with Crippen LogP contribution in [0.2, 0.25) is 0 Å². The van der Waals surface area contributed by atoms with Crippen LogP contribution in [0.5, 0.6) is 0 Å². The fraction of sp³-hybridized carbons (Fsp3) is 0.500. The molecule has 0 radical (unpaired) electrons. The van der Waals surface area contributed by atoms with Crippen LogP contribution in [-0.4, -0.2) is 24.5 Å². The molecule has 0 aliphatic heterocycles. The second kappa shape index (κ2) is 9.87. The van der Waals surface area contributed by atoms with Crippen molar-refractivity contribution in [3.05, 3.63) is 42.0 Å². The van der Waals surface area contributed by atoms with Gasteiger partial charge in [0.05, 0.1) is 0 Å². The first kappa shape index (κ1) is 19.0. The summed E-state index contributed by atoms with van der Waals surface area (Å²) >= 11 is 0. The van der Waals surface area contributed by atoms with Gasteiger partial charge in [0.1, 0.15) is 6.04 Å². The lowest BCUT2D eigenvalue weighted by Crippen LogP contribution is -2.51. The van der Waals surface area contributed by atoms with Gasteiger partial charge in [0.15, 0.2) is 0 Å². The molecule has 5 heteroatoms. The zero-order valence-corrected chi connectivity index (χ0v) is 15.2. The molecule has 25 heavy (non-hydrogen) atoms. The van der Waals surface area contributed by atoms with E-state index in [0.717, 1.165) is 19.3 Å². The first-order valence-electron chi connectivity index (χ1n) is 9.14. The van der Waals surface area contributed by atoms with E-state index in [1.165, 1.54) is 18.4 Å². The van der Waals surface area contributed by atoms with E-state index >= 15 is 0 Å². The van der Waals surface area contributed by atoms with Crippen LogP contribution in [0.1, 0.15) is 46.0 Å². The van der Waals surface area contributed by atoms with Gasteiger partial charge in [-0.2, -0.15) is 0 Å². The van der Waals surface area contributed by atoms with Crippen LogP contribution in [0.4, 0.5) is 10.5 Å². The molecule has 0 fully saturated rings. The zero-order valence-electron chi connectivity index (χ0n) is 15.2. The summed E-state index contributed by atoms with van der Waals surface area (Å²) in [5, 5.41) is 8.49. The van der Waals surface area contributed by atoms with Crippen molar-refractivity contribution >= 4 is 17.6 Å². The lowest BCUT2D eigenvalue weighted by atomic mass is 9.97. The molecule has 0 bridgehead atoms. The average Bonchev–Trinajstić information content (AvgIpc) is 2.61. The number of hydrogen-bond acceptors (Lipinski definition) is 2. The summed E-state index contributed by atoms with van der Waals surface area (Å²) in [6.45, 7) is 4.48. The molecule has 1 unspecified atom stereocenters. The number of benzene rings is 1. The van der Waals surface area contributed by atoms with Gasteiger partial charge >= 0.3 is 6.03 Å². The van der Waals surface area contributed by atoms with Crippen molar-refractivity contribution in [2.24, 2.45) is 5.92 Å². The highest BCUT2D eigenvalue weighted by molar-refractivity contribution is 5.93. The molecule has 1 aliphatic carbocycles. The second-order valence-corrected chi connectivity index (χ2v) is 6.84. The maximum Gasteiger partial charge on any atom is 0.319 e. The molecule has 2 rings (SSSR count). The number of amides is 3. The summed E-state index contributed by atoms with van der Waals surface area (Å²) in [5.74, 6) is -0.120. The van der Waals surface area contributed by atoms with Crippen LogP contribution < -0.4 is 16.0 Å². The molecule has 5 nitrogen and oxygen atoms in total. The Bertz CT molecular complexity index is 596. The molecule has 3 N–H and O–H groups in total. The van der Waals surface area contributed by atoms with Crippen LogP contribution in [0.15, 0.2) is 42.0 Å². The Morgan fingerprint density at radius 3 is 2.52 bits per heavy atom. The summed E-state index contributed by atoms with van der Waals surface area (Å²) in [6, 6.07) is 8.28. The number of carbonyl (C=O) groups is 2. The highest BCUT2D eigenvalue weighted by Gasteiger charge is 2.24. The molecule has 0 saturated carbocycles. The molecule has 1 atom stereocenters. The number of allylic oxidation sites excluding steroid dienone is 1. The summed E-state index contributed by atoms with van der Waals surface area (Å²) in [5.41, 5.74) is 2.13. The Kier molecular flexibility index (Phi) is 7.51. The van der Waals surface area contributed by atoms with Gasteiger partial charge in [-0.15, -0.1) is 0 Å². The van der Waals surface area contributed by atoms with Crippen LogP contribution in [0.3, 0.4) is 0 Å². The molecule has 0 aromatic heterocycles. The van der Waals surface area contributed by atoms with Crippen molar-refractivity contribution in [3.63, 3.8) is 0 Å². The average molecular weight is 343 g/mol. The Labute approximate surface area is 150 Å². The fourth-order valence-electron chi connectivity index (χ4n) is 2.95. The topological polar surface area (TPSA) is 70.2 Å². The molecular weight excluding hydrogens is 314 g/mol. The highest BCUT2D eigenvalue weighted by atomic mass is 16.2. The number of nitrogens with one attached hydrogen (secondary N) is 3. The number of para-hydroxylation sites is 1. The largest absolute Gasteiger partial charge is 0.354 e. The lowest BCUT2D eigenvalue weighted by Gasteiger charge is -2.22. The number of anilines is 1. The smallest absolute Gasteiger partial charge is 0.319 e. The Balaban J connectivity index is 1.80. The van der Waals surface area contributed by atoms with Gasteiger partial charge in [0.25, 0.3) is 0 Å². The molecule has 0 spiro atoms. The van der Waals surface area contributed by atoms with E-state index in [1.54, 1.807) is 0 Å². The molecule has 1 aliphatic rings. The van der Waals surface area contributed by atoms with E-state index in [0.29, 0.717) is 12.2 Å². The summed E-state index contributed by atoms with van der Waals surface area (Å²) in [6.07, 6.45) is 8.00. The number of carbonyl (C=O) groups excluding carboxylic acids is 2. The van der Waals surface area contributed by atoms with Crippen molar-refractivity contribution in [1.82, 2.24) is 10.6 Å². The minimum Gasteiger partial charge on any atom is -0.354 e. The van der Waals surface area contributed by atoms with Gasteiger partial charge in [-0.3, -0.25) is 4.79 Å². The molecule has 1 aromatic rings.